The van der Waals surface area contributed by atoms with Crippen LogP contribution in [-0.2, 0) is 10.0 Å². The van der Waals surface area contributed by atoms with Crippen molar-refractivity contribution < 1.29 is 17.9 Å². The Bertz CT molecular complexity index is 1250. The molecule has 2 aliphatic heterocycles. The molecule has 0 spiro atoms. The van der Waals surface area contributed by atoms with Crippen LogP contribution in [0.2, 0.25) is 0 Å². The minimum absolute atomic E-state index is 0.0863. The number of rotatable bonds is 6. The third kappa shape index (κ3) is 4.35. The van der Waals surface area contributed by atoms with Crippen molar-refractivity contribution in [2.45, 2.75) is 43.9 Å². The molecule has 2 aromatic rings. The monoisotopic (exact) mass is 496 g/mol. The van der Waals surface area contributed by atoms with Crippen molar-refractivity contribution in [3.8, 4) is 5.75 Å². The number of hydrogen-bond donors (Lipinski definition) is 0. The van der Waals surface area contributed by atoms with Crippen LogP contribution in [-0.4, -0.2) is 69.8 Å². The SMILES string of the molecule is COc1cc(N2CCCS2(=O)=O)ccc1C(=O)N1CCN(c2ncc(C3CC3)cc2C2CC2)CC1. The Kier molecular flexibility index (Phi) is 5.62. The number of amides is 1. The molecule has 1 amide bonds. The number of sulfonamides is 1. The first-order chi connectivity index (χ1) is 16.9. The second-order valence-corrected chi connectivity index (χ2v) is 12.1. The van der Waals surface area contributed by atoms with Crippen LogP contribution >= 0.6 is 0 Å². The van der Waals surface area contributed by atoms with E-state index < -0.39 is 10.0 Å². The molecule has 0 unspecified atom stereocenters. The zero-order valence-electron chi connectivity index (χ0n) is 20.1. The number of nitrogens with zero attached hydrogens (tertiary/aromatic N) is 4. The van der Waals surface area contributed by atoms with Crippen LogP contribution in [0.4, 0.5) is 11.5 Å². The number of ether oxygens (including phenoxy) is 1. The molecule has 8 nitrogen and oxygen atoms in total. The van der Waals surface area contributed by atoms with E-state index in [4.69, 9.17) is 9.72 Å². The Morgan fingerprint density at radius 3 is 2.37 bits per heavy atom. The van der Waals surface area contributed by atoms with Crippen LogP contribution in [0.5, 0.6) is 5.75 Å². The second-order valence-electron chi connectivity index (χ2n) is 10.1. The molecule has 2 aliphatic carbocycles. The Hall–Kier alpha value is -2.81. The molecule has 2 saturated heterocycles. The summed E-state index contributed by atoms with van der Waals surface area (Å²) in [7, 11) is -1.77. The molecular weight excluding hydrogens is 464 g/mol. The highest BCUT2D eigenvalue weighted by molar-refractivity contribution is 7.93. The molecule has 9 heteroatoms. The zero-order chi connectivity index (χ0) is 24.2. The van der Waals surface area contributed by atoms with E-state index >= 15 is 0 Å². The summed E-state index contributed by atoms with van der Waals surface area (Å²) in [6.07, 6.45) is 7.72. The third-order valence-electron chi connectivity index (χ3n) is 7.65. The van der Waals surface area contributed by atoms with Crippen molar-refractivity contribution in [3.63, 3.8) is 0 Å². The number of piperazine rings is 1. The van der Waals surface area contributed by atoms with Crippen LogP contribution in [0.3, 0.4) is 0 Å². The summed E-state index contributed by atoms with van der Waals surface area (Å²) < 4.78 is 31.5. The van der Waals surface area contributed by atoms with E-state index in [2.05, 4.69) is 17.2 Å². The predicted octanol–water partition coefficient (Wildman–Crippen LogP) is 3.35. The Morgan fingerprint density at radius 2 is 1.74 bits per heavy atom. The Balaban J connectivity index is 1.16. The molecule has 1 aromatic heterocycles. The van der Waals surface area contributed by atoms with Gasteiger partial charge in [-0.15, -0.1) is 0 Å². The number of benzene rings is 1. The third-order valence-corrected chi connectivity index (χ3v) is 9.52. The summed E-state index contributed by atoms with van der Waals surface area (Å²) in [6, 6.07) is 7.46. The summed E-state index contributed by atoms with van der Waals surface area (Å²) in [5, 5.41) is 0. The highest BCUT2D eigenvalue weighted by Crippen LogP contribution is 2.47. The number of hydrogen-bond acceptors (Lipinski definition) is 6. The van der Waals surface area contributed by atoms with E-state index in [1.165, 1.54) is 48.2 Å². The lowest BCUT2D eigenvalue weighted by Crippen LogP contribution is -2.49. The van der Waals surface area contributed by atoms with Crippen molar-refractivity contribution in [3.05, 3.63) is 47.2 Å². The molecule has 3 heterocycles. The van der Waals surface area contributed by atoms with Gasteiger partial charge in [0.05, 0.1) is 24.1 Å². The quantitative estimate of drug-likeness (QED) is 0.610. The topological polar surface area (TPSA) is 83.0 Å². The van der Waals surface area contributed by atoms with Gasteiger partial charge in [0.1, 0.15) is 11.6 Å². The van der Waals surface area contributed by atoms with E-state index in [0.717, 1.165) is 18.9 Å². The normalized spacial score (nSPS) is 21.9. The van der Waals surface area contributed by atoms with Gasteiger partial charge >= 0.3 is 0 Å². The summed E-state index contributed by atoms with van der Waals surface area (Å²) in [6.45, 7) is 3.17. The lowest BCUT2D eigenvalue weighted by atomic mass is 10.1. The fraction of sp³-hybridized carbons (Fsp3) is 0.538. The van der Waals surface area contributed by atoms with Gasteiger partial charge in [-0.1, -0.05) is 6.07 Å². The largest absolute Gasteiger partial charge is 0.496 e. The van der Waals surface area contributed by atoms with Crippen LogP contribution in [0.25, 0.3) is 0 Å². The predicted molar refractivity (Wildman–Crippen MR) is 135 cm³/mol. The average Bonchev–Trinajstić information content (AvgIpc) is 3.80. The van der Waals surface area contributed by atoms with Crippen molar-refractivity contribution in [2.75, 3.05) is 54.8 Å². The van der Waals surface area contributed by atoms with Crippen LogP contribution in [0, 0.1) is 0 Å². The molecule has 4 fully saturated rings. The maximum absolute atomic E-state index is 13.4. The first kappa shape index (κ1) is 22.6. The van der Waals surface area contributed by atoms with Crippen LogP contribution in [0.1, 0.15) is 65.4 Å². The lowest BCUT2D eigenvalue weighted by molar-refractivity contribution is 0.0743. The van der Waals surface area contributed by atoms with Gasteiger partial charge in [-0.3, -0.25) is 9.10 Å². The molecule has 0 bridgehead atoms. The van der Waals surface area contributed by atoms with Crippen LogP contribution in [0.15, 0.2) is 30.5 Å². The van der Waals surface area contributed by atoms with E-state index in [9.17, 15) is 13.2 Å². The fourth-order valence-electron chi connectivity index (χ4n) is 5.32. The smallest absolute Gasteiger partial charge is 0.257 e. The molecule has 35 heavy (non-hydrogen) atoms. The highest BCUT2D eigenvalue weighted by Gasteiger charge is 2.34. The first-order valence-corrected chi connectivity index (χ1v) is 14.3. The number of anilines is 2. The maximum atomic E-state index is 13.4. The maximum Gasteiger partial charge on any atom is 0.257 e. The number of carbonyl (C=O) groups excluding carboxylic acids is 1. The first-order valence-electron chi connectivity index (χ1n) is 12.7. The lowest BCUT2D eigenvalue weighted by Gasteiger charge is -2.36. The molecule has 1 aromatic carbocycles. The summed E-state index contributed by atoms with van der Waals surface area (Å²) >= 11 is 0. The molecule has 0 atom stereocenters. The minimum atomic E-state index is -3.29. The highest BCUT2D eigenvalue weighted by atomic mass is 32.2. The molecule has 2 saturated carbocycles. The van der Waals surface area contributed by atoms with Gasteiger partial charge in [-0.25, -0.2) is 13.4 Å². The number of pyridine rings is 1. The molecule has 0 N–H and O–H groups in total. The minimum Gasteiger partial charge on any atom is -0.496 e. The van der Waals surface area contributed by atoms with E-state index in [-0.39, 0.29) is 11.7 Å². The van der Waals surface area contributed by atoms with Gasteiger partial charge in [0.15, 0.2) is 0 Å². The van der Waals surface area contributed by atoms with Gasteiger partial charge in [0.2, 0.25) is 10.0 Å². The number of carbonyl (C=O) groups is 1. The molecule has 0 radical (unpaired) electrons. The van der Waals surface area contributed by atoms with Gasteiger partial charge in [0, 0.05) is 45.0 Å². The van der Waals surface area contributed by atoms with Gasteiger partial charge < -0.3 is 14.5 Å². The van der Waals surface area contributed by atoms with Gasteiger partial charge in [0.25, 0.3) is 5.91 Å². The molecule has 4 aliphatic rings. The van der Waals surface area contributed by atoms with Crippen molar-refractivity contribution >= 4 is 27.4 Å². The van der Waals surface area contributed by atoms with E-state index in [1.807, 2.05) is 4.90 Å². The number of aromatic nitrogens is 1. The van der Waals surface area contributed by atoms with E-state index in [1.54, 1.807) is 18.2 Å². The molecule has 186 valence electrons. The Labute approximate surface area is 206 Å². The second kappa shape index (κ2) is 8.69. The molecule has 6 rings (SSSR count). The summed E-state index contributed by atoms with van der Waals surface area (Å²) in [5.74, 6) is 2.91. The zero-order valence-corrected chi connectivity index (χ0v) is 21.0. The standard InChI is InChI=1S/C26H32N4O4S/c1-34-24-16-21(30-9-2-14-35(30,32)33)7-8-22(24)26(31)29-12-10-28(11-13-29)25-23(19-5-6-19)15-20(17-27-25)18-3-4-18/h7-8,15-19H,2-6,9-14H2,1H3. The summed E-state index contributed by atoms with van der Waals surface area (Å²) in [5.41, 5.74) is 3.80. The summed E-state index contributed by atoms with van der Waals surface area (Å²) in [4.78, 5) is 22.4. The van der Waals surface area contributed by atoms with Crippen molar-refractivity contribution in [1.29, 1.82) is 0 Å². The number of methoxy groups -OCH3 is 1. The van der Waals surface area contributed by atoms with E-state index in [0.29, 0.717) is 54.9 Å². The van der Waals surface area contributed by atoms with Crippen LogP contribution < -0.4 is 13.9 Å². The van der Waals surface area contributed by atoms with Crippen molar-refractivity contribution in [2.24, 2.45) is 0 Å². The van der Waals surface area contributed by atoms with Crippen molar-refractivity contribution in [1.82, 2.24) is 9.88 Å². The van der Waals surface area contributed by atoms with Gasteiger partial charge in [-0.2, -0.15) is 0 Å². The average molecular weight is 497 g/mol. The Morgan fingerprint density at radius 1 is 1.00 bits per heavy atom. The molecular formula is C26H32N4O4S. The van der Waals surface area contributed by atoms with Gasteiger partial charge in [-0.05, 0) is 67.2 Å². The fourth-order valence-corrected chi connectivity index (χ4v) is 6.88.